The molecule has 3 heteroatoms. The molecule has 0 spiro atoms. The molecule has 1 rings (SSSR count). The zero-order chi connectivity index (χ0) is 11.3. The molecule has 0 aromatic rings. The van der Waals surface area contributed by atoms with Crippen LogP contribution in [0.2, 0.25) is 0 Å². The van der Waals surface area contributed by atoms with Crippen LogP contribution in [-0.2, 0) is 9.53 Å². The van der Waals surface area contributed by atoms with Crippen LogP contribution in [0.25, 0.3) is 0 Å². The van der Waals surface area contributed by atoms with Crippen LogP contribution in [0.5, 0.6) is 0 Å². The van der Waals surface area contributed by atoms with Gasteiger partial charge in [0.25, 0.3) is 0 Å². The highest BCUT2D eigenvalue weighted by atomic mass is 16.5. The number of rotatable bonds is 4. The van der Waals surface area contributed by atoms with Gasteiger partial charge in [0, 0.05) is 5.54 Å². The molecule has 88 valence electrons. The van der Waals surface area contributed by atoms with E-state index in [0.717, 1.165) is 13.0 Å². The van der Waals surface area contributed by atoms with Crippen LogP contribution in [0.4, 0.5) is 0 Å². The zero-order valence-corrected chi connectivity index (χ0v) is 10.1. The van der Waals surface area contributed by atoms with Gasteiger partial charge in [0.15, 0.2) is 0 Å². The molecule has 15 heavy (non-hydrogen) atoms. The zero-order valence-electron chi connectivity index (χ0n) is 10.1. The highest BCUT2D eigenvalue weighted by Crippen LogP contribution is 2.36. The second kappa shape index (κ2) is 5.50. The lowest BCUT2D eigenvalue weighted by Gasteiger charge is -2.42. The average Bonchev–Trinajstić information content (AvgIpc) is 2.23. The fourth-order valence-corrected chi connectivity index (χ4v) is 2.68. The summed E-state index contributed by atoms with van der Waals surface area (Å²) in [6.07, 6.45) is 5.32. The molecule has 0 aromatic carbocycles. The van der Waals surface area contributed by atoms with Crippen molar-refractivity contribution in [1.82, 2.24) is 5.32 Å². The third-order valence-electron chi connectivity index (χ3n) is 3.67. The minimum atomic E-state index is -0.0929. The third kappa shape index (κ3) is 2.94. The smallest absolute Gasteiger partial charge is 0.307 e. The Labute approximate surface area is 92.6 Å². The summed E-state index contributed by atoms with van der Waals surface area (Å²) in [4.78, 5) is 11.4. The van der Waals surface area contributed by atoms with E-state index in [1.54, 1.807) is 0 Å². The van der Waals surface area contributed by atoms with Crippen molar-refractivity contribution in [3.63, 3.8) is 0 Å². The Morgan fingerprint density at radius 3 is 2.80 bits per heavy atom. The molecule has 3 nitrogen and oxygen atoms in total. The Morgan fingerprint density at radius 1 is 1.53 bits per heavy atom. The number of carbonyl (C=O) groups excluding carboxylic acids is 1. The van der Waals surface area contributed by atoms with Crippen LogP contribution in [0.15, 0.2) is 0 Å². The molecule has 0 aromatic heterocycles. The Morgan fingerprint density at radius 2 is 2.27 bits per heavy atom. The van der Waals surface area contributed by atoms with Gasteiger partial charge < -0.3 is 10.1 Å². The van der Waals surface area contributed by atoms with E-state index in [-0.39, 0.29) is 11.5 Å². The van der Waals surface area contributed by atoms with E-state index in [9.17, 15) is 4.79 Å². The lowest BCUT2D eigenvalue weighted by molar-refractivity contribution is -0.143. The van der Waals surface area contributed by atoms with Crippen LogP contribution in [0.1, 0.15) is 46.0 Å². The van der Waals surface area contributed by atoms with Gasteiger partial charge in [-0.3, -0.25) is 4.79 Å². The maximum atomic E-state index is 11.4. The summed E-state index contributed by atoms with van der Waals surface area (Å²) in [5, 5.41) is 3.51. The minimum absolute atomic E-state index is 0.0138. The monoisotopic (exact) mass is 213 g/mol. The summed E-state index contributed by atoms with van der Waals surface area (Å²) >= 11 is 0. The number of esters is 1. The summed E-state index contributed by atoms with van der Waals surface area (Å²) in [5.74, 6) is 0.468. The summed E-state index contributed by atoms with van der Waals surface area (Å²) in [5.41, 5.74) is -0.0138. The number of ether oxygens (including phenoxy) is 1. The van der Waals surface area contributed by atoms with Crippen molar-refractivity contribution < 1.29 is 9.53 Å². The number of methoxy groups -OCH3 is 1. The fraction of sp³-hybridized carbons (Fsp3) is 0.917. The third-order valence-corrected chi connectivity index (χ3v) is 3.67. The van der Waals surface area contributed by atoms with Crippen molar-refractivity contribution in [2.45, 2.75) is 51.5 Å². The first-order valence-electron chi connectivity index (χ1n) is 5.96. The molecule has 0 aliphatic heterocycles. The normalized spacial score (nSPS) is 31.3. The molecule has 0 heterocycles. The number of hydrogen-bond donors (Lipinski definition) is 1. The predicted molar refractivity (Wildman–Crippen MR) is 60.7 cm³/mol. The van der Waals surface area contributed by atoms with Crippen molar-refractivity contribution in [3.05, 3.63) is 0 Å². The molecule has 0 bridgehead atoms. The van der Waals surface area contributed by atoms with E-state index >= 15 is 0 Å². The molecule has 0 saturated heterocycles. The Balaban J connectivity index is 2.70. The number of nitrogens with one attached hydrogen (secondary N) is 1. The van der Waals surface area contributed by atoms with E-state index in [1.165, 1.54) is 26.4 Å². The van der Waals surface area contributed by atoms with Crippen LogP contribution >= 0.6 is 0 Å². The van der Waals surface area contributed by atoms with Crippen LogP contribution in [-0.4, -0.2) is 25.2 Å². The summed E-state index contributed by atoms with van der Waals surface area (Å²) < 4.78 is 4.79. The standard InChI is InChI=1S/C12H23NO2/c1-4-13-12(9-11(14)15-3)8-6-5-7-10(12)2/h10,13H,4-9H2,1-3H3. The first-order chi connectivity index (χ1) is 7.14. The van der Waals surface area contributed by atoms with Gasteiger partial charge in [-0.25, -0.2) is 0 Å². The predicted octanol–water partition coefficient (Wildman–Crippen LogP) is 2.11. The van der Waals surface area contributed by atoms with Crippen LogP contribution in [0.3, 0.4) is 0 Å². The van der Waals surface area contributed by atoms with Crippen molar-refractivity contribution in [3.8, 4) is 0 Å². The van der Waals surface area contributed by atoms with E-state index < -0.39 is 0 Å². The van der Waals surface area contributed by atoms with Gasteiger partial charge in [0.2, 0.25) is 0 Å². The van der Waals surface area contributed by atoms with Crippen molar-refractivity contribution in [1.29, 1.82) is 0 Å². The van der Waals surface area contributed by atoms with Crippen molar-refractivity contribution in [2.24, 2.45) is 5.92 Å². The molecule has 2 atom stereocenters. The van der Waals surface area contributed by atoms with E-state index in [1.807, 2.05) is 0 Å². The molecule has 1 fully saturated rings. The van der Waals surface area contributed by atoms with Gasteiger partial charge in [-0.2, -0.15) is 0 Å². The molecule has 1 aliphatic rings. The van der Waals surface area contributed by atoms with Gasteiger partial charge in [0.05, 0.1) is 13.5 Å². The lowest BCUT2D eigenvalue weighted by atomic mass is 9.71. The highest BCUT2D eigenvalue weighted by molar-refractivity contribution is 5.70. The van der Waals surface area contributed by atoms with Crippen LogP contribution < -0.4 is 5.32 Å². The molecule has 1 aliphatic carbocycles. The van der Waals surface area contributed by atoms with Gasteiger partial charge in [-0.15, -0.1) is 0 Å². The molecular formula is C12H23NO2. The van der Waals surface area contributed by atoms with Crippen molar-refractivity contribution in [2.75, 3.05) is 13.7 Å². The second-order valence-corrected chi connectivity index (χ2v) is 4.59. The SMILES string of the molecule is CCNC1(CC(=O)OC)CCCCC1C. The molecule has 1 saturated carbocycles. The van der Waals surface area contributed by atoms with Gasteiger partial charge in [-0.05, 0) is 25.3 Å². The lowest BCUT2D eigenvalue weighted by Crippen LogP contribution is -2.53. The summed E-state index contributed by atoms with van der Waals surface area (Å²) in [6, 6.07) is 0. The Hall–Kier alpha value is -0.570. The first-order valence-corrected chi connectivity index (χ1v) is 5.96. The van der Waals surface area contributed by atoms with E-state index in [0.29, 0.717) is 12.3 Å². The largest absolute Gasteiger partial charge is 0.469 e. The first kappa shape index (κ1) is 12.5. The van der Waals surface area contributed by atoms with E-state index in [2.05, 4.69) is 19.2 Å². The van der Waals surface area contributed by atoms with Gasteiger partial charge >= 0.3 is 5.97 Å². The summed E-state index contributed by atoms with van der Waals surface area (Å²) in [7, 11) is 1.47. The number of hydrogen-bond acceptors (Lipinski definition) is 3. The summed E-state index contributed by atoms with van der Waals surface area (Å²) in [6.45, 7) is 5.26. The topological polar surface area (TPSA) is 38.3 Å². The fourth-order valence-electron chi connectivity index (χ4n) is 2.68. The molecule has 2 unspecified atom stereocenters. The highest BCUT2D eigenvalue weighted by Gasteiger charge is 2.39. The quantitative estimate of drug-likeness (QED) is 0.727. The van der Waals surface area contributed by atoms with E-state index in [4.69, 9.17) is 4.74 Å². The molecular weight excluding hydrogens is 190 g/mol. The molecule has 0 amide bonds. The van der Waals surface area contributed by atoms with Crippen LogP contribution in [0, 0.1) is 5.92 Å². The van der Waals surface area contributed by atoms with Gasteiger partial charge in [-0.1, -0.05) is 26.7 Å². The second-order valence-electron chi connectivity index (χ2n) is 4.59. The number of carbonyl (C=O) groups is 1. The Kier molecular flexibility index (Phi) is 4.58. The van der Waals surface area contributed by atoms with Gasteiger partial charge in [0.1, 0.15) is 0 Å². The minimum Gasteiger partial charge on any atom is -0.469 e. The molecule has 0 radical (unpaired) electrons. The maximum Gasteiger partial charge on any atom is 0.307 e. The Bertz CT molecular complexity index is 214. The average molecular weight is 213 g/mol. The molecule has 1 N–H and O–H groups in total. The maximum absolute atomic E-state index is 11.4. The van der Waals surface area contributed by atoms with Crippen molar-refractivity contribution >= 4 is 5.97 Å².